The number of nitrogens with zero attached hydrogens (tertiary/aromatic N) is 2. The normalized spacial score (nSPS) is 11.1. The van der Waals surface area contributed by atoms with Crippen LogP contribution in [0.4, 0.5) is 17.1 Å². The first kappa shape index (κ1) is 16.8. The minimum absolute atomic E-state index is 0.0398. The zero-order valence-electron chi connectivity index (χ0n) is 13.0. The molecule has 0 saturated carbocycles. The average Bonchev–Trinajstić information content (AvgIpc) is 2.48. The van der Waals surface area contributed by atoms with Gasteiger partial charge in [-0.15, -0.1) is 0 Å². The predicted octanol–water partition coefficient (Wildman–Crippen LogP) is 2.77. The Bertz CT molecular complexity index is 830. The summed E-state index contributed by atoms with van der Waals surface area (Å²) in [6.07, 6.45) is 0. The van der Waals surface area contributed by atoms with E-state index in [0.29, 0.717) is 5.56 Å². The van der Waals surface area contributed by atoms with Crippen LogP contribution in [0, 0.1) is 17.0 Å². The van der Waals surface area contributed by atoms with Crippen LogP contribution < -0.4 is 9.62 Å². The second-order valence-electron chi connectivity index (χ2n) is 5.27. The van der Waals surface area contributed by atoms with Crippen LogP contribution in [0.15, 0.2) is 47.4 Å². The van der Waals surface area contributed by atoms with E-state index in [1.54, 1.807) is 25.1 Å². The Kier molecular flexibility index (Phi) is 4.55. The van der Waals surface area contributed by atoms with Crippen LogP contribution in [-0.2, 0) is 10.0 Å². The smallest absolute Gasteiger partial charge is 0.293 e. The van der Waals surface area contributed by atoms with Crippen molar-refractivity contribution < 1.29 is 13.3 Å². The van der Waals surface area contributed by atoms with E-state index in [2.05, 4.69) is 4.72 Å². The summed E-state index contributed by atoms with van der Waals surface area (Å²) >= 11 is 0. The van der Waals surface area contributed by atoms with Crippen molar-refractivity contribution in [1.29, 1.82) is 0 Å². The fraction of sp³-hybridized carbons (Fsp3) is 0.200. The van der Waals surface area contributed by atoms with Crippen LogP contribution in [0.3, 0.4) is 0 Å². The third-order valence-corrected chi connectivity index (χ3v) is 4.64. The lowest BCUT2D eigenvalue weighted by Gasteiger charge is -2.13. The summed E-state index contributed by atoms with van der Waals surface area (Å²) in [5, 5.41) is 11.1. The van der Waals surface area contributed by atoms with Crippen LogP contribution in [0.2, 0.25) is 0 Å². The number of anilines is 2. The van der Waals surface area contributed by atoms with Gasteiger partial charge in [0.15, 0.2) is 0 Å². The number of hydrogen-bond donors (Lipinski definition) is 1. The van der Waals surface area contributed by atoms with Gasteiger partial charge in [0.05, 0.1) is 9.82 Å². The summed E-state index contributed by atoms with van der Waals surface area (Å²) < 4.78 is 27.1. The molecule has 1 N–H and O–H groups in total. The van der Waals surface area contributed by atoms with Crippen molar-refractivity contribution in [3.63, 3.8) is 0 Å². The van der Waals surface area contributed by atoms with E-state index in [9.17, 15) is 18.5 Å². The molecule has 0 saturated heterocycles. The lowest BCUT2D eigenvalue weighted by Crippen LogP contribution is -2.15. The highest BCUT2D eigenvalue weighted by Crippen LogP contribution is 2.28. The van der Waals surface area contributed by atoms with E-state index in [1.165, 1.54) is 24.3 Å². The summed E-state index contributed by atoms with van der Waals surface area (Å²) in [7, 11) is -0.208. The molecule has 122 valence electrons. The van der Waals surface area contributed by atoms with E-state index in [0.717, 1.165) is 5.69 Å². The largest absolute Gasteiger partial charge is 0.378 e. The molecule has 0 aliphatic heterocycles. The highest BCUT2D eigenvalue weighted by atomic mass is 32.2. The maximum absolute atomic E-state index is 12.4. The summed E-state index contributed by atoms with van der Waals surface area (Å²) in [6, 6.07) is 10.6. The molecule has 0 radical (unpaired) electrons. The van der Waals surface area contributed by atoms with Crippen molar-refractivity contribution >= 4 is 27.1 Å². The molecule has 0 aromatic heterocycles. The number of hydrogen-bond acceptors (Lipinski definition) is 5. The van der Waals surface area contributed by atoms with Crippen LogP contribution in [-0.4, -0.2) is 27.4 Å². The molecule has 23 heavy (non-hydrogen) atoms. The molecule has 2 aromatic rings. The van der Waals surface area contributed by atoms with Gasteiger partial charge in [-0.25, -0.2) is 8.42 Å². The number of sulfonamides is 1. The highest BCUT2D eigenvalue weighted by Gasteiger charge is 2.21. The Morgan fingerprint density at radius 2 is 1.70 bits per heavy atom. The molecule has 0 aliphatic carbocycles. The number of nitrogens with one attached hydrogen (secondary N) is 1. The number of rotatable bonds is 5. The third-order valence-electron chi connectivity index (χ3n) is 3.26. The molecule has 0 unspecified atom stereocenters. The van der Waals surface area contributed by atoms with Crippen molar-refractivity contribution in [1.82, 2.24) is 0 Å². The monoisotopic (exact) mass is 335 g/mol. The molecule has 0 fully saturated rings. The fourth-order valence-electron chi connectivity index (χ4n) is 2.01. The third kappa shape index (κ3) is 3.78. The molecular weight excluding hydrogens is 318 g/mol. The maximum Gasteiger partial charge on any atom is 0.293 e. The first-order valence-corrected chi connectivity index (χ1v) is 8.24. The van der Waals surface area contributed by atoms with Crippen molar-refractivity contribution in [2.75, 3.05) is 23.7 Å². The molecule has 0 bridgehead atoms. The first-order chi connectivity index (χ1) is 10.7. The Morgan fingerprint density at radius 3 is 2.22 bits per heavy atom. The van der Waals surface area contributed by atoms with E-state index in [1.807, 2.05) is 19.0 Å². The standard InChI is InChI=1S/C15H17N3O4S/c1-11-4-9-14(15(10-11)18(19)20)16-23(21,22)13-7-5-12(6-8-13)17(2)3/h4-10,16H,1-3H3. The van der Waals surface area contributed by atoms with Gasteiger partial charge in [0.25, 0.3) is 15.7 Å². The summed E-state index contributed by atoms with van der Waals surface area (Å²) in [4.78, 5) is 12.4. The van der Waals surface area contributed by atoms with Gasteiger partial charge < -0.3 is 4.90 Å². The molecular formula is C15H17N3O4S. The molecule has 0 amide bonds. The SMILES string of the molecule is Cc1ccc(NS(=O)(=O)c2ccc(N(C)C)cc2)c([N+](=O)[O-])c1. The number of benzene rings is 2. The van der Waals surface area contributed by atoms with Gasteiger partial charge in [-0.1, -0.05) is 6.07 Å². The maximum atomic E-state index is 12.4. The summed E-state index contributed by atoms with van der Waals surface area (Å²) in [5.41, 5.74) is 1.19. The Morgan fingerprint density at radius 1 is 1.09 bits per heavy atom. The van der Waals surface area contributed by atoms with Crippen molar-refractivity contribution in [2.45, 2.75) is 11.8 Å². The number of aryl methyl sites for hydroxylation is 1. The van der Waals surface area contributed by atoms with E-state index < -0.39 is 14.9 Å². The molecule has 7 nitrogen and oxygen atoms in total. The number of nitro benzene ring substituents is 1. The van der Waals surface area contributed by atoms with Crippen molar-refractivity contribution in [3.8, 4) is 0 Å². The Labute approximate surface area is 134 Å². The molecule has 0 aliphatic rings. The van der Waals surface area contributed by atoms with Crippen LogP contribution in [0.25, 0.3) is 0 Å². The van der Waals surface area contributed by atoms with Gasteiger partial charge in [0.2, 0.25) is 0 Å². The van der Waals surface area contributed by atoms with Crippen LogP contribution in [0.5, 0.6) is 0 Å². The Hall–Kier alpha value is -2.61. The molecule has 0 atom stereocenters. The minimum Gasteiger partial charge on any atom is -0.378 e. The van der Waals surface area contributed by atoms with Gasteiger partial charge in [-0.05, 0) is 42.8 Å². The zero-order valence-corrected chi connectivity index (χ0v) is 13.8. The number of nitro groups is 1. The van der Waals surface area contributed by atoms with Gasteiger partial charge in [0, 0.05) is 25.8 Å². The molecule has 0 heterocycles. The first-order valence-electron chi connectivity index (χ1n) is 6.76. The summed E-state index contributed by atoms with van der Waals surface area (Å²) in [5.74, 6) is 0. The van der Waals surface area contributed by atoms with Gasteiger partial charge in [-0.3, -0.25) is 14.8 Å². The fourth-order valence-corrected chi connectivity index (χ4v) is 3.08. The second-order valence-corrected chi connectivity index (χ2v) is 6.95. The zero-order chi connectivity index (χ0) is 17.2. The molecule has 2 rings (SSSR count). The lowest BCUT2D eigenvalue weighted by molar-refractivity contribution is -0.383. The van der Waals surface area contributed by atoms with Crippen molar-refractivity contribution in [2.24, 2.45) is 0 Å². The predicted molar refractivity (Wildman–Crippen MR) is 89.4 cm³/mol. The highest BCUT2D eigenvalue weighted by molar-refractivity contribution is 7.92. The molecule has 2 aromatic carbocycles. The van der Waals surface area contributed by atoms with Gasteiger partial charge in [0.1, 0.15) is 5.69 Å². The molecule has 8 heteroatoms. The van der Waals surface area contributed by atoms with Crippen LogP contribution in [0.1, 0.15) is 5.56 Å². The van der Waals surface area contributed by atoms with Gasteiger partial charge in [-0.2, -0.15) is 0 Å². The topological polar surface area (TPSA) is 92.6 Å². The second kappa shape index (κ2) is 6.25. The van der Waals surface area contributed by atoms with Crippen molar-refractivity contribution in [3.05, 3.63) is 58.1 Å². The lowest BCUT2D eigenvalue weighted by atomic mass is 10.2. The molecule has 0 spiro atoms. The Balaban J connectivity index is 2.37. The van der Waals surface area contributed by atoms with Gasteiger partial charge >= 0.3 is 0 Å². The van der Waals surface area contributed by atoms with Crippen LogP contribution >= 0.6 is 0 Å². The van der Waals surface area contributed by atoms with E-state index in [-0.39, 0.29) is 16.3 Å². The van der Waals surface area contributed by atoms with E-state index >= 15 is 0 Å². The quantitative estimate of drug-likeness (QED) is 0.670. The summed E-state index contributed by atoms with van der Waals surface area (Å²) in [6.45, 7) is 1.70. The minimum atomic E-state index is -3.90. The average molecular weight is 335 g/mol. The van der Waals surface area contributed by atoms with E-state index in [4.69, 9.17) is 0 Å².